The van der Waals surface area contributed by atoms with Gasteiger partial charge in [0, 0.05) is 17.3 Å². The molecule has 0 saturated carbocycles. The second-order valence-corrected chi connectivity index (χ2v) is 6.30. The summed E-state index contributed by atoms with van der Waals surface area (Å²) in [5.41, 5.74) is -0.425. The van der Waals surface area contributed by atoms with Crippen LogP contribution in [-0.4, -0.2) is 16.1 Å². The van der Waals surface area contributed by atoms with Crippen molar-refractivity contribution in [2.24, 2.45) is 4.99 Å². The predicted octanol–water partition coefficient (Wildman–Crippen LogP) is 5.64. The van der Waals surface area contributed by atoms with E-state index in [1.807, 2.05) is 0 Å². The molecular weight excluding hydrogens is 419 g/mol. The summed E-state index contributed by atoms with van der Waals surface area (Å²) in [5, 5.41) is 15.0. The molecule has 31 heavy (non-hydrogen) atoms. The molecule has 0 aliphatic heterocycles. The molecule has 0 unspecified atom stereocenters. The number of aliphatic imine (C=N–C) groups is 1. The molecule has 1 aromatic heterocycles. The summed E-state index contributed by atoms with van der Waals surface area (Å²) in [5.74, 6) is -2.41. The van der Waals surface area contributed by atoms with Crippen molar-refractivity contribution >= 4 is 23.0 Å². The second-order valence-electron chi connectivity index (χ2n) is 6.30. The fourth-order valence-corrected chi connectivity index (χ4v) is 2.51. The van der Waals surface area contributed by atoms with Gasteiger partial charge in [-0.25, -0.2) is 13.8 Å². The Morgan fingerprint density at radius 3 is 2.35 bits per heavy atom. The van der Waals surface area contributed by atoms with E-state index in [-0.39, 0.29) is 34.3 Å². The van der Waals surface area contributed by atoms with E-state index in [0.717, 1.165) is 24.3 Å². The van der Waals surface area contributed by atoms with Gasteiger partial charge in [-0.05, 0) is 36.4 Å². The highest BCUT2D eigenvalue weighted by Crippen LogP contribution is 2.30. The molecule has 0 atom stereocenters. The summed E-state index contributed by atoms with van der Waals surface area (Å²) in [7, 11) is 0. The number of alkyl halides is 3. The molecule has 0 saturated heterocycles. The van der Waals surface area contributed by atoms with Gasteiger partial charge in [-0.2, -0.15) is 13.2 Å². The lowest BCUT2D eigenvalue weighted by molar-refractivity contribution is -0.137. The van der Waals surface area contributed by atoms with E-state index in [0.29, 0.717) is 0 Å². The summed E-state index contributed by atoms with van der Waals surface area (Å²) in [4.78, 5) is 7.94. The maximum atomic E-state index is 13.5. The zero-order chi connectivity index (χ0) is 22.6. The number of nitrogens with zero attached hydrogens (tertiary/aromatic N) is 2. The topological polar surface area (TPSA) is 69.5 Å². The van der Waals surface area contributed by atoms with Crippen molar-refractivity contribution < 1.29 is 27.1 Å². The lowest BCUT2D eigenvalue weighted by atomic mass is 10.1. The average Bonchev–Trinajstić information content (AvgIpc) is 2.69. The Morgan fingerprint density at radius 2 is 1.68 bits per heavy atom. The molecular formula is C21H15F5N4O. The average molecular weight is 434 g/mol. The number of guanidine groups is 1. The lowest BCUT2D eigenvalue weighted by Gasteiger charge is -2.15. The third-order valence-electron chi connectivity index (χ3n) is 3.94. The second kappa shape index (κ2) is 8.82. The third-order valence-corrected chi connectivity index (χ3v) is 3.94. The molecule has 0 bridgehead atoms. The number of halogens is 5. The van der Waals surface area contributed by atoms with E-state index in [2.05, 4.69) is 27.2 Å². The number of benzene rings is 2. The molecule has 2 aromatic carbocycles. The molecule has 0 radical (unpaired) electrons. The molecule has 3 rings (SSSR count). The van der Waals surface area contributed by atoms with Crippen LogP contribution in [0.25, 0.3) is 5.70 Å². The first-order valence-electron chi connectivity index (χ1n) is 8.70. The van der Waals surface area contributed by atoms with Gasteiger partial charge in [0.25, 0.3) is 0 Å². The van der Waals surface area contributed by atoms with Gasteiger partial charge in [0.1, 0.15) is 5.75 Å². The van der Waals surface area contributed by atoms with Crippen LogP contribution in [-0.2, 0) is 6.18 Å². The minimum atomic E-state index is -4.55. The highest BCUT2D eigenvalue weighted by Gasteiger charge is 2.30. The molecule has 5 nitrogen and oxygen atoms in total. The fraction of sp³-hybridized carbons (Fsp3) is 0.0476. The molecule has 3 N–H and O–H groups in total. The van der Waals surface area contributed by atoms with Crippen LogP contribution in [0.4, 0.5) is 33.3 Å². The van der Waals surface area contributed by atoms with E-state index in [4.69, 9.17) is 0 Å². The molecule has 0 fully saturated rings. The number of hydrogen-bond donors (Lipinski definition) is 3. The Bertz CT molecular complexity index is 1140. The quantitative estimate of drug-likeness (QED) is 0.283. The van der Waals surface area contributed by atoms with E-state index < -0.39 is 23.4 Å². The molecule has 160 valence electrons. The summed E-state index contributed by atoms with van der Waals surface area (Å²) in [6.07, 6.45) is -2.03. The number of pyridine rings is 1. The molecule has 0 amide bonds. The first kappa shape index (κ1) is 21.8. The van der Waals surface area contributed by atoms with Gasteiger partial charge in [-0.3, -0.25) is 4.98 Å². The van der Waals surface area contributed by atoms with E-state index in [9.17, 15) is 27.1 Å². The summed E-state index contributed by atoms with van der Waals surface area (Å²) >= 11 is 0. The number of anilines is 2. The van der Waals surface area contributed by atoms with Crippen LogP contribution >= 0.6 is 0 Å². The third kappa shape index (κ3) is 5.78. The minimum absolute atomic E-state index is 0.00557. The summed E-state index contributed by atoms with van der Waals surface area (Å²) in [6.45, 7) is 3.69. The van der Waals surface area contributed by atoms with Crippen LogP contribution in [0.15, 0.2) is 72.5 Å². The fourth-order valence-electron chi connectivity index (χ4n) is 2.51. The number of aromatic hydroxyl groups is 1. The van der Waals surface area contributed by atoms with Crippen molar-refractivity contribution in [2.45, 2.75) is 6.18 Å². The first-order valence-corrected chi connectivity index (χ1v) is 8.70. The SMILES string of the molecule is C=C(N=C(Nc1cncc(O)c1)Nc1cccc(C(F)(F)F)c1)c1ccc(F)c(F)c1. The maximum Gasteiger partial charge on any atom is 0.416 e. The zero-order valence-corrected chi connectivity index (χ0v) is 15.7. The Balaban J connectivity index is 1.95. The van der Waals surface area contributed by atoms with Crippen molar-refractivity contribution in [1.29, 1.82) is 0 Å². The normalized spacial score (nSPS) is 11.8. The highest BCUT2D eigenvalue weighted by atomic mass is 19.4. The minimum Gasteiger partial charge on any atom is -0.506 e. The van der Waals surface area contributed by atoms with Crippen LogP contribution < -0.4 is 10.6 Å². The van der Waals surface area contributed by atoms with Gasteiger partial charge in [-0.1, -0.05) is 12.6 Å². The van der Waals surface area contributed by atoms with Crippen molar-refractivity contribution in [3.05, 3.63) is 90.3 Å². The predicted molar refractivity (Wildman–Crippen MR) is 107 cm³/mol. The van der Waals surface area contributed by atoms with Crippen molar-refractivity contribution in [1.82, 2.24) is 4.98 Å². The Kier molecular flexibility index (Phi) is 6.19. The van der Waals surface area contributed by atoms with Gasteiger partial charge in [-0.15, -0.1) is 0 Å². The standard InChI is InChI=1S/C21H15F5N4O/c1-12(13-5-6-18(22)19(23)7-13)28-20(30-16-9-17(31)11-27-10-16)29-15-4-2-3-14(8-15)21(24,25)26/h2-11,31H,1H2,(H2,28,29,30). The Labute approximate surface area is 173 Å². The first-order chi connectivity index (χ1) is 14.6. The molecule has 3 aromatic rings. The van der Waals surface area contributed by atoms with Crippen LogP contribution in [0, 0.1) is 11.6 Å². The smallest absolute Gasteiger partial charge is 0.416 e. The largest absolute Gasteiger partial charge is 0.506 e. The van der Waals surface area contributed by atoms with Crippen LogP contribution in [0.1, 0.15) is 11.1 Å². The molecule has 1 heterocycles. The molecule has 0 aliphatic rings. The van der Waals surface area contributed by atoms with Gasteiger partial charge >= 0.3 is 6.18 Å². The summed E-state index contributed by atoms with van der Waals surface area (Å²) in [6, 6.07) is 8.72. The van der Waals surface area contributed by atoms with E-state index in [1.165, 1.54) is 36.7 Å². The monoisotopic (exact) mass is 434 g/mol. The van der Waals surface area contributed by atoms with Crippen molar-refractivity contribution in [3.8, 4) is 5.75 Å². The van der Waals surface area contributed by atoms with Crippen molar-refractivity contribution in [3.63, 3.8) is 0 Å². The van der Waals surface area contributed by atoms with Crippen LogP contribution in [0.3, 0.4) is 0 Å². The number of rotatable bonds is 4. The lowest BCUT2D eigenvalue weighted by Crippen LogP contribution is -2.22. The summed E-state index contributed by atoms with van der Waals surface area (Å²) < 4.78 is 65.7. The van der Waals surface area contributed by atoms with Crippen molar-refractivity contribution in [2.75, 3.05) is 10.6 Å². The highest BCUT2D eigenvalue weighted by molar-refractivity contribution is 6.05. The number of nitrogens with one attached hydrogen (secondary N) is 2. The Morgan fingerprint density at radius 1 is 0.935 bits per heavy atom. The zero-order valence-electron chi connectivity index (χ0n) is 15.7. The Hall–Kier alpha value is -3.95. The van der Waals surface area contributed by atoms with E-state index >= 15 is 0 Å². The van der Waals surface area contributed by atoms with Crippen LogP contribution in [0.5, 0.6) is 5.75 Å². The number of hydrogen-bond acceptors (Lipinski definition) is 3. The van der Waals surface area contributed by atoms with Gasteiger partial charge < -0.3 is 15.7 Å². The molecule has 0 spiro atoms. The van der Waals surface area contributed by atoms with Gasteiger partial charge in [0.05, 0.1) is 29.3 Å². The molecule has 0 aliphatic carbocycles. The molecule has 10 heteroatoms. The van der Waals surface area contributed by atoms with Crippen LogP contribution in [0.2, 0.25) is 0 Å². The van der Waals surface area contributed by atoms with Gasteiger partial charge in [0.15, 0.2) is 11.6 Å². The number of aromatic nitrogens is 1. The van der Waals surface area contributed by atoms with E-state index in [1.54, 1.807) is 0 Å². The maximum absolute atomic E-state index is 13.5. The van der Waals surface area contributed by atoms with Gasteiger partial charge in [0.2, 0.25) is 5.96 Å².